The first-order chi connectivity index (χ1) is 13.1. The minimum atomic E-state index is -3.73. The molecule has 1 fully saturated rings. The molecular weight excluding hydrogens is 408 g/mol. The average molecular weight is 428 g/mol. The molecule has 0 aliphatic carbocycles. The van der Waals surface area contributed by atoms with E-state index in [0.29, 0.717) is 12.0 Å². The van der Waals surface area contributed by atoms with Crippen molar-refractivity contribution < 1.29 is 27.9 Å². The predicted molar refractivity (Wildman–Crippen MR) is 103 cm³/mol. The van der Waals surface area contributed by atoms with Crippen LogP contribution >= 0.6 is 12.2 Å². The Morgan fingerprint density at radius 1 is 1.14 bits per heavy atom. The molecule has 12 heteroatoms. The van der Waals surface area contributed by atoms with Gasteiger partial charge in [0.1, 0.15) is 11.5 Å². The standard InChI is InChI=1S/C16H20N4O6S2/c17-14(27)11-2-4-12(5-3-11)28(25,26)18-6-1-7-19-8-9-20(10-13(21)22)16(24)15(19)23/h2-5,18H,1,6-10H2,(H2,17,27)(H,21,22). The van der Waals surface area contributed by atoms with Gasteiger partial charge in [-0.2, -0.15) is 0 Å². The zero-order valence-electron chi connectivity index (χ0n) is 14.8. The third-order valence-electron chi connectivity index (χ3n) is 4.07. The number of thiocarbonyl (C=S) groups is 1. The van der Waals surface area contributed by atoms with Crippen LogP contribution < -0.4 is 10.5 Å². The maximum absolute atomic E-state index is 12.3. The SMILES string of the molecule is NC(=S)c1ccc(S(=O)(=O)NCCCN2CCN(CC(=O)O)C(=O)C2=O)cc1. The molecule has 1 aromatic rings. The van der Waals surface area contributed by atoms with Gasteiger partial charge in [0.2, 0.25) is 10.0 Å². The van der Waals surface area contributed by atoms with Crippen LogP contribution in [0.25, 0.3) is 0 Å². The number of carbonyl (C=O) groups is 3. The molecule has 0 atom stereocenters. The van der Waals surface area contributed by atoms with Crippen molar-refractivity contribution in [2.45, 2.75) is 11.3 Å². The number of amides is 2. The molecule has 4 N–H and O–H groups in total. The Balaban J connectivity index is 1.83. The summed E-state index contributed by atoms with van der Waals surface area (Å²) >= 11 is 4.82. The van der Waals surface area contributed by atoms with Gasteiger partial charge >= 0.3 is 17.8 Å². The second kappa shape index (κ2) is 9.08. The van der Waals surface area contributed by atoms with Crippen LogP contribution in [0.3, 0.4) is 0 Å². The summed E-state index contributed by atoms with van der Waals surface area (Å²) in [6.45, 7) is 0.0412. The van der Waals surface area contributed by atoms with Crippen molar-refractivity contribution in [3.05, 3.63) is 29.8 Å². The van der Waals surface area contributed by atoms with Crippen molar-refractivity contribution in [2.75, 3.05) is 32.7 Å². The van der Waals surface area contributed by atoms with Gasteiger partial charge in [0, 0.05) is 31.7 Å². The Bertz CT molecular complexity index is 885. The number of nitrogens with two attached hydrogens (primary N) is 1. The number of carbonyl (C=O) groups excluding carboxylic acids is 2. The number of rotatable bonds is 9. The summed E-state index contributed by atoms with van der Waals surface area (Å²) in [6.07, 6.45) is 0.294. The van der Waals surface area contributed by atoms with Gasteiger partial charge in [0.25, 0.3) is 0 Å². The summed E-state index contributed by atoms with van der Waals surface area (Å²) in [6, 6.07) is 5.80. The first kappa shape index (κ1) is 21.7. The van der Waals surface area contributed by atoms with E-state index in [4.69, 9.17) is 23.1 Å². The number of carboxylic acids is 1. The number of nitrogens with one attached hydrogen (secondary N) is 1. The van der Waals surface area contributed by atoms with E-state index in [9.17, 15) is 22.8 Å². The largest absolute Gasteiger partial charge is 0.480 e. The molecule has 152 valence electrons. The van der Waals surface area contributed by atoms with Gasteiger partial charge in [0.05, 0.1) is 4.90 Å². The molecular formula is C16H20N4O6S2. The molecule has 1 aliphatic heterocycles. The van der Waals surface area contributed by atoms with Gasteiger partial charge in [-0.15, -0.1) is 0 Å². The normalized spacial score (nSPS) is 15.0. The van der Waals surface area contributed by atoms with Crippen LogP contribution in [0.2, 0.25) is 0 Å². The van der Waals surface area contributed by atoms with Crippen LogP contribution in [0.5, 0.6) is 0 Å². The van der Waals surface area contributed by atoms with Crippen LogP contribution in [0, 0.1) is 0 Å². The minimum absolute atomic E-state index is 0.0565. The van der Waals surface area contributed by atoms with E-state index in [1.54, 1.807) is 0 Å². The van der Waals surface area contributed by atoms with Gasteiger partial charge < -0.3 is 20.6 Å². The molecule has 1 saturated heterocycles. The van der Waals surface area contributed by atoms with Gasteiger partial charge in [-0.3, -0.25) is 14.4 Å². The fraction of sp³-hybridized carbons (Fsp3) is 0.375. The maximum atomic E-state index is 12.3. The molecule has 1 heterocycles. The molecule has 0 spiro atoms. The van der Waals surface area contributed by atoms with Crippen molar-refractivity contribution >= 4 is 45.0 Å². The summed E-state index contributed by atoms with van der Waals surface area (Å²) in [5.41, 5.74) is 6.03. The van der Waals surface area contributed by atoms with E-state index in [-0.39, 0.29) is 36.1 Å². The van der Waals surface area contributed by atoms with Crippen molar-refractivity contribution in [1.29, 1.82) is 0 Å². The molecule has 2 amide bonds. The van der Waals surface area contributed by atoms with Crippen molar-refractivity contribution in [3.8, 4) is 0 Å². The monoisotopic (exact) mass is 428 g/mol. The van der Waals surface area contributed by atoms with Crippen LogP contribution in [-0.4, -0.2) is 78.8 Å². The maximum Gasteiger partial charge on any atom is 0.323 e. The number of sulfonamides is 1. The van der Waals surface area contributed by atoms with Crippen LogP contribution in [0.4, 0.5) is 0 Å². The summed E-state index contributed by atoms with van der Waals surface area (Å²) in [7, 11) is -3.73. The third kappa shape index (κ3) is 5.47. The zero-order valence-corrected chi connectivity index (χ0v) is 16.5. The smallest absolute Gasteiger partial charge is 0.323 e. The molecule has 0 radical (unpaired) electrons. The topological polar surface area (TPSA) is 150 Å². The van der Waals surface area contributed by atoms with Gasteiger partial charge in [-0.25, -0.2) is 13.1 Å². The number of piperazine rings is 1. The molecule has 28 heavy (non-hydrogen) atoms. The highest BCUT2D eigenvalue weighted by molar-refractivity contribution is 7.89. The van der Waals surface area contributed by atoms with E-state index in [0.717, 1.165) is 4.90 Å². The number of hydrogen-bond donors (Lipinski definition) is 3. The third-order valence-corrected chi connectivity index (χ3v) is 5.78. The Hall–Kier alpha value is -2.57. The zero-order chi connectivity index (χ0) is 20.9. The van der Waals surface area contributed by atoms with Gasteiger partial charge in [-0.05, 0) is 18.6 Å². The molecule has 0 unspecified atom stereocenters. The first-order valence-electron chi connectivity index (χ1n) is 8.31. The summed E-state index contributed by atoms with van der Waals surface area (Å²) in [4.78, 5) is 37.0. The number of carboxylic acid groups (broad SMARTS) is 1. The Morgan fingerprint density at radius 3 is 2.29 bits per heavy atom. The van der Waals surface area contributed by atoms with E-state index in [2.05, 4.69) is 4.72 Å². The molecule has 2 rings (SSSR count). The highest BCUT2D eigenvalue weighted by Crippen LogP contribution is 2.11. The fourth-order valence-corrected chi connectivity index (χ4v) is 3.81. The number of nitrogens with zero attached hydrogens (tertiary/aromatic N) is 2. The number of aliphatic carboxylic acids is 1. The highest BCUT2D eigenvalue weighted by Gasteiger charge is 2.33. The Labute approximate surface area is 167 Å². The fourth-order valence-electron chi connectivity index (χ4n) is 2.60. The second-order valence-electron chi connectivity index (χ2n) is 6.05. The summed E-state index contributed by atoms with van der Waals surface area (Å²) in [5.74, 6) is -2.85. The van der Waals surface area contributed by atoms with Crippen LogP contribution in [-0.2, 0) is 24.4 Å². The van der Waals surface area contributed by atoms with Gasteiger partial charge in [-0.1, -0.05) is 24.4 Å². The van der Waals surface area contributed by atoms with E-state index >= 15 is 0 Å². The molecule has 10 nitrogen and oxygen atoms in total. The number of hydrogen-bond acceptors (Lipinski definition) is 6. The van der Waals surface area contributed by atoms with Crippen molar-refractivity contribution in [3.63, 3.8) is 0 Å². The minimum Gasteiger partial charge on any atom is -0.480 e. The quantitative estimate of drug-likeness (QED) is 0.251. The summed E-state index contributed by atoms with van der Waals surface area (Å²) in [5, 5.41) is 8.72. The lowest BCUT2D eigenvalue weighted by Crippen LogP contribution is -2.55. The Morgan fingerprint density at radius 2 is 1.71 bits per heavy atom. The van der Waals surface area contributed by atoms with Crippen LogP contribution in [0.15, 0.2) is 29.2 Å². The molecule has 0 saturated carbocycles. The Kier molecular flexibility index (Phi) is 7.05. The van der Waals surface area contributed by atoms with Crippen molar-refractivity contribution in [1.82, 2.24) is 14.5 Å². The lowest BCUT2D eigenvalue weighted by Gasteiger charge is -2.32. The predicted octanol–water partition coefficient (Wildman–Crippen LogP) is -1.26. The molecule has 0 aromatic heterocycles. The van der Waals surface area contributed by atoms with Crippen molar-refractivity contribution in [2.24, 2.45) is 5.73 Å². The number of benzene rings is 1. The first-order valence-corrected chi connectivity index (χ1v) is 10.2. The molecule has 1 aliphatic rings. The molecule has 0 bridgehead atoms. The van der Waals surface area contributed by atoms with Gasteiger partial charge in [0.15, 0.2) is 0 Å². The summed E-state index contributed by atoms with van der Waals surface area (Å²) < 4.78 is 26.9. The van der Waals surface area contributed by atoms with Crippen LogP contribution in [0.1, 0.15) is 12.0 Å². The molecule has 1 aromatic carbocycles. The van der Waals surface area contributed by atoms with E-state index in [1.807, 2.05) is 0 Å². The lowest BCUT2D eigenvalue weighted by atomic mass is 10.2. The van der Waals surface area contributed by atoms with E-state index in [1.165, 1.54) is 29.2 Å². The second-order valence-corrected chi connectivity index (χ2v) is 8.26. The lowest BCUT2D eigenvalue weighted by molar-refractivity contribution is -0.158. The highest BCUT2D eigenvalue weighted by atomic mass is 32.2. The van der Waals surface area contributed by atoms with E-state index < -0.39 is 34.4 Å². The average Bonchev–Trinajstić information content (AvgIpc) is 2.64.